The van der Waals surface area contributed by atoms with E-state index in [1.807, 2.05) is 0 Å². The van der Waals surface area contributed by atoms with Crippen molar-refractivity contribution in [2.45, 2.75) is 18.5 Å². The fraction of sp³-hybridized carbons (Fsp3) is 0.222. The molecule has 90 valence electrons. The minimum atomic E-state index is -3.57. The predicted molar refractivity (Wildman–Crippen MR) is 59.4 cm³/mol. The maximum absolute atomic E-state index is 11.8. The Morgan fingerprint density at radius 3 is 2.82 bits per heavy atom. The summed E-state index contributed by atoms with van der Waals surface area (Å²) in [5.41, 5.74) is 0.597. The van der Waals surface area contributed by atoms with E-state index in [-0.39, 0.29) is 11.6 Å². The highest BCUT2D eigenvalue weighted by Gasteiger charge is 2.15. The highest BCUT2D eigenvalue weighted by atomic mass is 32.2. The zero-order valence-electron chi connectivity index (χ0n) is 9.08. The number of H-pyrrole nitrogens is 1. The normalized spacial score (nSPS) is 11.6. The Morgan fingerprint density at radius 2 is 2.24 bits per heavy atom. The summed E-state index contributed by atoms with van der Waals surface area (Å²) in [4.78, 5) is 14.2. The van der Waals surface area contributed by atoms with E-state index in [0.717, 1.165) is 0 Å². The quantitative estimate of drug-likeness (QED) is 0.798. The van der Waals surface area contributed by atoms with Gasteiger partial charge in [-0.1, -0.05) is 0 Å². The Morgan fingerprint density at radius 1 is 1.41 bits per heavy atom. The highest BCUT2D eigenvalue weighted by Crippen LogP contribution is 2.05. The number of sulfonamides is 1. The molecule has 0 saturated carbocycles. The van der Waals surface area contributed by atoms with Crippen molar-refractivity contribution in [1.29, 1.82) is 0 Å². The number of aryl methyl sites for hydroxylation is 1. The van der Waals surface area contributed by atoms with Crippen LogP contribution in [-0.2, 0) is 16.6 Å². The zero-order valence-corrected chi connectivity index (χ0v) is 9.90. The summed E-state index contributed by atoms with van der Waals surface area (Å²) in [7, 11) is -3.57. The first-order chi connectivity index (χ1) is 8.08. The molecule has 0 saturated heterocycles. The Bertz CT molecular complexity index is 593. The molecule has 0 radical (unpaired) electrons. The minimum absolute atomic E-state index is 0.0454. The lowest BCUT2D eigenvalue weighted by molar-refractivity contribution is 0.577. The Labute approximate surface area is 98.4 Å². The number of hydrogen-bond donors (Lipinski definition) is 2. The average molecular weight is 253 g/mol. The third-order valence-corrected chi connectivity index (χ3v) is 3.37. The number of hydrogen-bond acceptors (Lipinski definition) is 5. The van der Waals surface area contributed by atoms with Crippen molar-refractivity contribution in [3.8, 4) is 0 Å². The second-order valence-electron chi connectivity index (χ2n) is 3.36. The smallest absolute Gasteiger partial charge is 0.257 e. The molecule has 0 fully saturated rings. The standard InChI is InChI=1S/C9H11N5O2S/c1-7-11-5-9(14-7)17(15,16)13-4-8-2-3-10-6-12-8/h2-3,5-6,13H,4H2,1H3,(H,11,14). The van der Waals surface area contributed by atoms with Gasteiger partial charge in [0.2, 0.25) is 0 Å². The maximum Gasteiger partial charge on any atom is 0.257 e. The van der Waals surface area contributed by atoms with E-state index in [4.69, 9.17) is 0 Å². The van der Waals surface area contributed by atoms with Gasteiger partial charge in [-0.15, -0.1) is 0 Å². The third kappa shape index (κ3) is 2.86. The SMILES string of the molecule is Cc1ncc(S(=O)(=O)NCc2ccncn2)[nH]1. The molecule has 2 aromatic rings. The first kappa shape index (κ1) is 11.7. The second-order valence-corrected chi connectivity index (χ2v) is 5.09. The first-order valence-electron chi connectivity index (χ1n) is 4.84. The van der Waals surface area contributed by atoms with Crippen LogP contribution in [0.1, 0.15) is 11.5 Å². The van der Waals surface area contributed by atoms with Crippen LogP contribution in [0.2, 0.25) is 0 Å². The molecule has 2 heterocycles. The van der Waals surface area contributed by atoms with E-state index in [9.17, 15) is 8.42 Å². The summed E-state index contributed by atoms with van der Waals surface area (Å²) >= 11 is 0. The van der Waals surface area contributed by atoms with E-state index in [1.165, 1.54) is 12.5 Å². The molecule has 0 spiro atoms. The molecule has 0 bridgehead atoms. The van der Waals surface area contributed by atoms with Crippen LogP contribution in [0.25, 0.3) is 0 Å². The molecule has 7 nitrogen and oxygen atoms in total. The molecule has 2 N–H and O–H groups in total. The summed E-state index contributed by atoms with van der Waals surface area (Å²) < 4.78 is 26.0. The van der Waals surface area contributed by atoms with Gasteiger partial charge in [-0.2, -0.15) is 0 Å². The zero-order chi connectivity index (χ0) is 12.3. The third-order valence-electron chi connectivity index (χ3n) is 2.06. The van der Waals surface area contributed by atoms with Crippen LogP contribution in [0.5, 0.6) is 0 Å². The van der Waals surface area contributed by atoms with E-state index in [1.54, 1.807) is 19.2 Å². The van der Waals surface area contributed by atoms with Crippen LogP contribution >= 0.6 is 0 Å². The van der Waals surface area contributed by atoms with Crippen molar-refractivity contribution in [3.05, 3.63) is 36.3 Å². The Balaban J connectivity index is 2.09. The van der Waals surface area contributed by atoms with Gasteiger partial charge in [0.1, 0.15) is 12.2 Å². The lowest BCUT2D eigenvalue weighted by Gasteiger charge is -2.03. The van der Waals surface area contributed by atoms with Crippen LogP contribution in [0.4, 0.5) is 0 Å². The number of aromatic nitrogens is 4. The number of nitrogens with zero attached hydrogens (tertiary/aromatic N) is 3. The van der Waals surface area contributed by atoms with E-state index >= 15 is 0 Å². The van der Waals surface area contributed by atoms with Gasteiger partial charge in [0.25, 0.3) is 10.0 Å². The monoisotopic (exact) mass is 253 g/mol. The Kier molecular flexibility index (Phi) is 3.16. The lowest BCUT2D eigenvalue weighted by Crippen LogP contribution is -2.24. The van der Waals surface area contributed by atoms with E-state index in [0.29, 0.717) is 11.5 Å². The molecule has 2 aromatic heterocycles. The van der Waals surface area contributed by atoms with Gasteiger partial charge in [0, 0.05) is 6.20 Å². The molecule has 2 rings (SSSR count). The maximum atomic E-state index is 11.8. The highest BCUT2D eigenvalue weighted by molar-refractivity contribution is 7.89. The van der Waals surface area contributed by atoms with E-state index in [2.05, 4.69) is 24.7 Å². The second kappa shape index (κ2) is 4.60. The average Bonchev–Trinajstić information content (AvgIpc) is 2.76. The number of aromatic amines is 1. The van der Waals surface area contributed by atoms with Crippen LogP contribution < -0.4 is 4.72 Å². The molecule has 0 unspecified atom stereocenters. The van der Waals surface area contributed by atoms with Crippen LogP contribution in [0, 0.1) is 6.92 Å². The topological polar surface area (TPSA) is 101 Å². The van der Waals surface area contributed by atoms with Gasteiger partial charge in [-0.25, -0.2) is 28.1 Å². The molecule has 8 heteroatoms. The molecule has 0 aromatic carbocycles. The van der Waals surface area contributed by atoms with Crippen LogP contribution in [-0.4, -0.2) is 28.4 Å². The minimum Gasteiger partial charge on any atom is -0.332 e. The van der Waals surface area contributed by atoms with Crippen molar-refractivity contribution >= 4 is 10.0 Å². The summed E-state index contributed by atoms with van der Waals surface area (Å²) in [6.07, 6.45) is 4.19. The number of nitrogens with one attached hydrogen (secondary N) is 2. The fourth-order valence-electron chi connectivity index (χ4n) is 1.20. The summed E-state index contributed by atoms with van der Waals surface area (Å²) in [5, 5.41) is 0.0454. The van der Waals surface area contributed by atoms with Gasteiger partial charge in [-0.05, 0) is 13.0 Å². The van der Waals surface area contributed by atoms with Crippen molar-refractivity contribution < 1.29 is 8.42 Å². The van der Waals surface area contributed by atoms with Gasteiger partial charge < -0.3 is 4.98 Å². The van der Waals surface area contributed by atoms with Gasteiger partial charge >= 0.3 is 0 Å². The number of imidazole rings is 1. The summed E-state index contributed by atoms with van der Waals surface area (Å²) in [5.74, 6) is 0.549. The van der Waals surface area contributed by atoms with Crippen molar-refractivity contribution in [2.75, 3.05) is 0 Å². The van der Waals surface area contributed by atoms with Crippen LogP contribution in [0.15, 0.2) is 29.8 Å². The summed E-state index contributed by atoms with van der Waals surface area (Å²) in [6, 6.07) is 1.64. The first-order valence-corrected chi connectivity index (χ1v) is 6.32. The molecule has 0 aliphatic carbocycles. The van der Waals surface area contributed by atoms with Crippen molar-refractivity contribution in [2.24, 2.45) is 0 Å². The Hall–Kier alpha value is -1.80. The summed E-state index contributed by atoms with van der Waals surface area (Å²) in [6.45, 7) is 1.80. The number of rotatable bonds is 4. The van der Waals surface area contributed by atoms with Crippen molar-refractivity contribution in [1.82, 2.24) is 24.7 Å². The van der Waals surface area contributed by atoms with E-state index < -0.39 is 10.0 Å². The fourth-order valence-corrected chi connectivity index (χ4v) is 2.17. The van der Waals surface area contributed by atoms with Gasteiger partial charge in [0.15, 0.2) is 5.03 Å². The van der Waals surface area contributed by atoms with Crippen molar-refractivity contribution in [3.63, 3.8) is 0 Å². The predicted octanol–water partition coefficient (Wildman–Crippen LogP) is -0.0134. The molecular weight excluding hydrogens is 242 g/mol. The molecule has 0 amide bonds. The largest absolute Gasteiger partial charge is 0.332 e. The molecule has 0 aliphatic rings. The molecular formula is C9H11N5O2S. The molecule has 17 heavy (non-hydrogen) atoms. The van der Waals surface area contributed by atoms with Crippen LogP contribution in [0.3, 0.4) is 0 Å². The van der Waals surface area contributed by atoms with Gasteiger partial charge in [-0.3, -0.25) is 0 Å². The lowest BCUT2D eigenvalue weighted by atomic mass is 10.4. The molecule has 0 atom stereocenters. The molecule has 0 aliphatic heterocycles. The van der Waals surface area contributed by atoms with Gasteiger partial charge in [0.05, 0.1) is 18.4 Å².